The molecule has 0 bridgehead atoms. The first-order valence-corrected chi connectivity index (χ1v) is 13.7. The molecule has 3 aromatic rings. The van der Waals surface area contributed by atoms with Crippen LogP contribution in [0, 0.1) is 5.82 Å². The summed E-state index contributed by atoms with van der Waals surface area (Å²) in [7, 11) is 0. The molecule has 0 atom stereocenters. The Morgan fingerprint density at radius 1 is 1.12 bits per heavy atom. The number of carbonyl (C=O) groups excluding carboxylic acids is 2. The Morgan fingerprint density at radius 2 is 1.85 bits per heavy atom. The lowest BCUT2D eigenvalue weighted by Crippen LogP contribution is -2.47. The van der Waals surface area contributed by atoms with Gasteiger partial charge in [-0.15, -0.1) is 0 Å². The molecule has 0 aliphatic carbocycles. The lowest BCUT2D eigenvalue weighted by Gasteiger charge is -2.27. The summed E-state index contributed by atoms with van der Waals surface area (Å²) in [6, 6.07) is 7.48. The molecule has 3 N–H and O–H groups in total. The maximum atomic E-state index is 13.6. The Kier molecular flexibility index (Phi) is 10.3. The summed E-state index contributed by atoms with van der Waals surface area (Å²) < 4.78 is 25.5. The number of nitrogens with one attached hydrogen (secondary N) is 2. The second-order valence-corrected chi connectivity index (χ2v) is 10.1. The van der Waals surface area contributed by atoms with Gasteiger partial charge in [0.1, 0.15) is 16.9 Å². The highest BCUT2D eigenvalue weighted by Crippen LogP contribution is 2.26. The van der Waals surface area contributed by atoms with E-state index in [1.165, 1.54) is 16.7 Å². The standard InChI is InChI=1S/C29H36FN5O6/c1-19(2)41-13-3-8-31-27(37)24-26(36)25-23(17-21(18-33-25)16-20-4-6-22(30)7-5-20)35(28(24)38)10-9-32-29(39)34-11-14-40-15-12-34/h4-7,17-19,36H,3,8-16H2,1-2H3,(H,31,37)(H,32,39). The number of hydrogen-bond donors (Lipinski definition) is 3. The molecule has 1 aromatic carbocycles. The van der Waals surface area contributed by atoms with Gasteiger partial charge >= 0.3 is 6.03 Å². The average Bonchev–Trinajstić information content (AvgIpc) is 2.96. The van der Waals surface area contributed by atoms with Crippen molar-refractivity contribution in [1.29, 1.82) is 0 Å². The number of hydrogen-bond acceptors (Lipinski definition) is 7. The third-order valence-corrected chi connectivity index (χ3v) is 6.65. The number of ether oxygens (including phenoxy) is 2. The molecular weight excluding hydrogens is 533 g/mol. The molecule has 0 unspecified atom stereocenters. The SMILES string of the molecule is CC(C)OCCCNC(=O)c1c(O)c2ncc(Cc3ccc(F)cc3)cc2n(CCNC(=O)N2CCOCC2)c1=O. The molecule has 3 amide bonds. The van der Waals surface area contributed by atoms with Gasteiger partial charge in [-0.05, 0) is 56.0 Å². The maximum Gasteiger partial charge on any atom is 0.317 e. The smallest absolute Gasteiger partial charge is 0.317 e. The number of aromatic hydroxyl groups is 1. The lowest BCUT2D eigenvalue weighted by atomic mass is 10.1. The predicted molar refractivity (Wildman–Crippen MR) is 151 cm³/mol. The van der Waals surface area contributed by atoms with E-state index in [1.54, 1.807) is 29.3 Å². The molecule has 12 heteroatoms. The number of urea groups is 1. The minimum atomic E-state index is -0.720. The highest BCUT2D eigenvalue weighted by atomic mass is 19.1. The van der Waals surface area contributed by atoms with Crippen LogP contribution in [0.25, 0.3) is 11.0 Å². The molecule has 1 aliphatic heterocycles. The Labute approximate surface area is 237 Å². The number of morpholine rings is 1. The molecule has 1 fully saturated rings. The van der Waals surface area contributed by atoms with Crippen LogP contribution in [0.15, 0.2) is 41.3 Å². The van der Waals surface area contributed by atoms with E-state index in [0.717, 1.165) is 11.1 Å². The topological polar surface area (TPSA) is 135 Å². The molecule has 3 heterocycles. The van der Waals surface area contributed by atoms with Gasteiger partial charge in [0.05, 0.1) is 24.8 Å². The highest BCUT2D eigenvalue weighted by molar-refractivity contribution is 6.01. The first kappa shape index (κ1) is 29.9. The zero-order valence-electron chi connectivity index (χ0n) is 23.3. The minimum Gasteiger partial charge on any atom is -0.505 e. The zero-order chi connectivity index (χ0) is 29.4. The maximum absolute atomic E-state index is 13.6. The summed E-state index contributed by atoms with van der Waals surface area (Å²) in [6.45, 7) is 6.51. The second-order valence-electron chi connectivity index (χ2n) is 10.1. The van der Waals surface area contributed by atoms with Gasteiger partial charge in [-0.3, -0.25) is 14.6 Å². The van der Waals surface area contributed by atoms with Crippen LogP contribution in [-0.4, -0.2) is 83.6 Å². The van der Waals surface area contributed by atoms with E-state index in [-0.39, 0.29) is 43.1 Å². The number of pyridine rings is 2. The normalized spacial score (nSPS) is 13.5. The van der Waals surface area contributed by atoms with Gasteiger partial charge in [-0.1, -0.05) is 12.1 Å². The van der Waals surface area contributed by atoms with Crippen molar-refractivity contribution in [2.75, 3.05) is 46.0 Å². The summed E-state index contributed by atoms with van der Waals surface area (Å²) >= 11 is 0. The average molecular weight is 570 g/mol. The van der Waals surface area contributed by atoms with Crippen molar-refractivity contribution in [2.24, 2.45) is 0 Å². The van der Waals surface area contributed by atoms with E-state index < -0.39 is 22.8 Å². The Hall–Kier alpha value is -4.03. The van der Waals surface area contributed by atoms with E-state index in [2.05, 4.69) is 15.6 Å². The van der Waals surface area contributed by atoms with Gasteiger partial charge in [0, 0.05) is 45.5 Å². The fourth-order valence-electron chi connectivity index (χ4n) is 4.54. The Morgan fingerprint density at radius 3 is 2.56 bits per heavy atom. The summed E-state index contributed by atoms with van der Waals surface area (Å²) in [4.78, 5) is 45.2. The molecule has 1 saturated heterocycles. The number of halogens is 1. The lowest BCUT2D eigenvalue weighted by molar-refractivity contribution is 0.0532. The van der Waals surface area contributed by atoms with Crippen LogP contribution in [0.4, 0.5) is 9.18 Å². The van der Waals surface area contributed by atoms with Crippen molar-refractivity contribution in [3.63, 3.8) is 0 Å². The van der Waals surface area contributed by atoms with E-state index in [4.69, 9.17) is 9.47 Å². The minimum absolute atomic E-state index is 0.0376. The third kappa shape index (κ3) is 7.80. The van der Waals surface area contributed by atoms with Crippen molar-refractivity contribution in [1.82, 2.24) is 25.1 Å². The zero-order valence-corrected chi connectivity index (χ0v) is 23.3. The number of carbonyl (C=O) groups is 2. The molecule has 4 rings (SSSR count). The van der Waals surface area contributed by atoms with Crippen LogP contribution in [0.3, 0.4) is 0 Å². The van der Waals surface area contributed by atoms with Crippen molar-refractivity contribution in [3.05, 3.63) is 69.4 Å². The molecule has 0 radical (unpaired) electrons. The van der Waals surface area contributed by atoms with Gasteiger partial charge in [0.2, 0.25) is 0 Å². The van der Waals surface area contributed by atoms with E-state index in [0.29, 0.717) is 51.3 Å². The molecule has 1 aliphatic rings. The number of benzene rings is 1. The number of fused-ring (bicyclic) bond motifs is 1. The van der Waals surface area contributed by atoms with Crippen molar-refractivity contribution in [3.8, 4) is 5.75 Å². The van der Waals surface area contributed by atoms with Gasteiger partial charge in [0.15, 0.2) is 5.75 Å². The van der Waals surface area contributed by atoms with Crippen LogP contribution in [0.1, 0.15) is 41.8 Å². The molecule has 2 aromatic heterocycles. The number of amides is 3. The number of rotatable bonds is 11. The van der Waals surface area contributed by atoms with E-state index in [1.807, 2.05) is 13.8 Å². The van der Waals surface area contributed by atoms with E-state index in [9.17, 15) is 23.9 Å². The summed E-state index contributed by atoms with van der Waals surface area (Å²) in [5.41, 5.74) is 0.833. The molecule has 220 valence electrons. The van der Waals surface area contributed by atoms with Crippen LogP contribution in [-0.2, 0) is 22.4 Å². The van der Waals surface area contributed by atoms with Gasteiger partial charge in [0.25, 0.3) is 11.5 Å². The second kappa shape index (κ2) is 14.0. The Balaban J connectivity index is 1.61. The van der Waals surface area contributed by atoms with Crippen LogP contribution in [0.5, 0.6) is 5.75 Å². The van der Waals surface area contributed by atoms with Gasteiger partial charge < -0.3 is 34.7 Å². The third-order valence-electron chi connectivity index (χ3n) is 6.65. The number of nitrogens with zero attached hydrogens (tertiary/aromatic N) is 3. The first-order valence-electron chi connectivity index (χ1n) is 13.7. The van der Waals surface area contributed by atoms with Gasteiger partial charge in [-0.25, -0.2) is 9.18 Å². The number of aromatic nitrogens is 2. The summed E-state index contributed by atoms with van der Waals surface area (Å²) in [6.07, 6.45) is 2.55. The van der Waals surface area contributed by atoms with E-state index >= 15 is 0 Å². The highest BCUT2D eigenvalue weighted by Gasteiger charge is 2.24. The largest absolute Gasteiger partial charge is 0.505 e. The van der Waals surface area contributed by atoms with Gasteiger partial charge in [-0.2, -0.15) is 0 Å². The fourth-order valence-corrected chi connectivity index (χ4v) is 4.54. The fraction of sp³-hybridized carbons (Fsp3) is 0.448. The molecule has 11 nitrogen and oxygen atoms in total. The molecule has 0 saturated carbocycles. The summed E-state index contributed by atoms with van der Waals surface area (Å²) in [5, 5.41) is 16.5. The predicted octanol–water partition coefficient (Wildman–Crippen LogP) is 2.42. The quantitative estimate of drug-likeness (QED) is 0.302. The van der Waals surface area contributed by atoms with Crippen LogP contribution < -0.4 is 16.2 Å². The molecule has 0 spiro atoms. The molecule has 41 heavy (non-hydrogen) atoms. The molecular formula is C29H36FN5O6. The van der Waals surface area contributed by atoms with Crippen LogP contribution >= 0.6 is 0 Å². The first-order chi connectivity index (χ1) is 19.7. The Bertz CT molecular complexity index is 1420. The summed E-state index contributed by atoms with van der Waals surface area (Å²) in [5.74, 6) is -1.58. The monoisotopic (exact) mass is 569 g/mol. The van der Waals surface area contributed by atoms with Crippen molar-refractivity contribution < 1.29 is 28.6 Å². The van der Waals surface area contributed by atoms with Crippen molar-refractivity contribution >= 4 is 23.0 Å². The van der Waals surface area contributed by atoms with Crippen LogP contribution in [0.2, 0.25) is 0 Å². The van der Waals surface area contributed by atoms with Crippen molar-refractivity contribution in [2.45, 2.75) is 39.3 Å².